The largest absolute Gasteiger partial charge is 0.369 e. The van der Waals surface area contributed by atoms with Crippen LogP contribution in [-0.2, 0) is 0 Å². The zero-order valence-corrected chi connectivity index (χ0v) is 9.74. The molecule has 1 aromatic carbocycles. The third kappa shape index (κ3) is 2.66. The van der Waals surface area contributed by atoms with Crippen LogP contribution in [0.4, 0.5) is 5.69 Å². The molecule has 4 heteroatoms. The summed E-state index contributed by atoms with van der Waals surface area (Å²) in [5.74, 6) is 0. The Morgan fingerprint density at radius 1 is 1.56 bits per heavy atom. The molecule has 1 N–H and O–H groups in total. The highest BCUT2D eigenvalue weighted by atomic mass is 35.5. The fourth-order valence-electron chi connectivity index (χ4n) is 1.98. The van der Waals surface area contributed by atoms with Crippen molar-refractivity contribution < 1.29 is 0 Å². The van der Waals surface area contributed by atoms with Crippen LogP contribution in [0.15, 0.2) is 24.3 Å². The molecule has 1 atom stereocenters. The Balaban J connectivity index is 2.07. The molecule has 0 aromatic heterocycles. The molecule has 1 heterocycles. The second kappa shape index (κ2) is 5.20. The molecule has 0 aliphatic carbocycles. The SMILES string of the molecule is N#CCC1CN(c2cccc(Cl)c2)CCN1. The minimum atomic E-state index is 0.262. The number of hydrogen-bond donors (Lipinski definition) is 1. The van der Waals surface area contributed by atoms with Gasteiger partial charge in [-0.15, -0.1) is 0 Å². The van der Waals surface area contributed by atoms with Crippen LogP contribution in [0.3, 0.4) is 0 Å². The highest BCUT2D eigenvalue weighted by Gasteiger charge is 2.19. The summed E-state index contributed by atoms with van der Waals surface area (Å²) in [4.78, 5) is 2.27. The van der Waals surface area contributed by atoms with Crippen molar-refractivity contribution in [3.63, 3.8) is 0 Å². The van der Waals surface area contributed by atoms with Gasteiger partial charge in [0.15, 0.2) is 0 Å². The molecule has 1 fully saturated rings. The van der Waals surface area contributed by atoms with Crippen molar-refractivity contribution in [3.05, 3.63) is 29.3 Å². The van der Waals surface area contributed by atoms with Crippen molar-refractivity contribution in [1.82, 2.24) is 5.32 Å². The minimum absolute atomic E-state index is 0.262. The smallest absolute Gasteiger partial charge is 0.0638 e. The lowest BCUT2D eigenvalue weighted by Crippen LogP contribution is -2.50. The molecule has 0 bridgehead atoms. The van der Waals surface area contributed by atoms with Gasteiger partial charge in [0.05, 0.1) is 12.5 Å². The first kappa shape index (κ1) is 11.3. The Morgan fingerprint density at radius 2 is 2.44 bits per heavy atom. The molecule has 0 radical (unpaired) electrons. The fourth-order valence-corrected chi connectivity index (χ4v) is 2.16. The molecular weight excluding hydrogens is 222 g/mol. The van der Waals surface area contributed by atoms with Crippen LogP contribution >= 0.6 is 11.6 Å². The van der Waals surface area contributed by atoms with E-state index in [-0.39, 0.29) is 6.04 Å². The van der Waals surface area contributed by atoms with Crippen molar-refractivity contribution in [1.29, 1.82) is 5.26 Å². The van der Waals surface area contributed by atoms with Crippen molar-refractivity contribution in [2.24, 2.45) is 0 Å². The van der Waals surface area contributed by atoms with Crippen molar-refractivity contribution in [2.75, 3.05) is 24.5 Å². The second-order valence-corrected chi connectivity index (χ2v) is 4.38. The number of piperazine rings is 1. The lowest BCUT2D eigenvalue weighted by molar-refractivity contribution is 0.463. The summed E-state index contributed by atoms with van der Waals surface area (Å²) in [6.45, 7) is 2.75. The van der Waals surface area contributed by atoms with Crippen LogP contribution in [0.25, 0.3) is 0 Å². The molecule has 1 aliphatic rings. The molecule has 84 valence electrons. The zero-order chi connectivity index (χ0) is 11.4. The summed E-state index contributed by atoms with van der Waals surface area (Å²) in [5, 5.41) is 12.8. The molecule has 0 saturated carbocycles. The van der Waals surface area contributed by atoms with Gasteiger partial charge >= 0.3 is 0 Å². The number of anilines is 1. The number of rotatable bonds is 2. The summed E-state index contributed by atoms with van der Waals surface area (Å²) in [5.41, 5.74) is 1.14. The summed E-state index contributed by atoms with van der Waals surface area (Å²) in [7, 11) is 0. The second-order valence-electron chi connectivity index (χ2n) is 3.94. The van der Waals surface area contributed by atoms with Crippen molar-refractivity contribution in [2.45, 2.75) is 12.5 Å². The normalized spacial score (nSPS) is 20.5. The number of halogens is 1. The molecule has 16 heavy (non-hydrogen) atoms. The van der Waals surface area contributed by atoms with Gasteiger partial charge in [-0.1, -0.05) is 17.7 Å². The van der Waals surface area contributed by atoms with E-state index in [1.54, 1.807) is 0 Å². The van der Waals surface area contributed by atoms with Crippen LogP contribution in [0.2, 0.25) is 5.02 Å². The van der Waals surface area contributed by atoms with Gasteiger partial charge in [0.2, 0.25) is 0 Å². The third-order valence-electron chi connectivity index (χ3n) is 2.77. The highest BCUT2D eigenvalue weighted by Crippen LogP contribution is 2.20. The maximum absolute atomic E-state index is 8.69. The predicted molar refractivity (Wildman–Crippen MR) is 65.7 cm³/mol. The summed E-state index contributed by atoms with van der Waals surface area (Å²) in [6, 6.07) is 10.3. The maximum Gasteiger partial charge on any atom is 0.0638 e. The molecular formula is C12H14ClN3. The Hall–Kier alpha value is -1.24. The summed E-state index contributed by atoms with van der Waals surface area (Å²) in [6.07, 6.45) is 0.553. The van der Waals surface area contributed by atoms with E-state index in [4.69, 9.17) is 16.9 Å². The topological polar surface area (TPSA) is 39.1 Å². The van der Waals surface area contributed by atoms with E-state index in [9.17, 15) is 0 Å². The molecule has 3 nitrogen and oxygen atoms in total. The molecule has 1 unspecified atom stereocenters. The standard InChI is InChI=1S/C12H14ClN3/c13-10-2-1-3-12(8-10)16-7-6-15-11(9-16)4-5-14/h1-3,8,11,15H,4,6-7,9H2. The average molecular weight is 236 g/mol. The van der Waals surface area contributed by atoms with Crippen LogP contribution in [-0.4, -0.2) is 25.7 Å². The Bertz CT molecular complexity index is 399. The predicted octanol–water partition coefficient (Wildman–Crippen LogP) is 2.03. The van der Waals surface area contributed by atoms with E-state index in [0.29, 0.717) is 6.42 Å². The molecule has 1 aromatic rings. The lowest BCUT2D eigenvalue weighted by atomic mass is 10.1. The average Bonchev–Trinajstić information content (AvgIpc) is 2.30. The first-order chi connectivity index (χ1) is 7.79. The van der Waals surface area contributed by atoms with Gasteiger partial charge in [-0.25, -0.2) is 0 Å². The first-order valence-corrected chi connectivity index (χ1v) is 5.78. The molecule has 1 aliphatic heterocycles. The quantitative estimate of drug-likeness (QED) is 0.853. The lowest BCUT2D eigenvalue weighted by Gasteiger charge is -2.34. The Kier molecular flexibility index (Phi) is 3.66. The number of benzene rings is 1. The third-order valence-corrected chi connectivity index (χ3v) is 3.00. The zero-order valence-electron chi connectivity index (χ0n) is 8.99. The highest BCUT2D eigenvalue weighted by molar-refractivity contribution is 6.30. The van der Waals surface area contributed by atoms with E-state index >= 15 is 0 Å². The number of nitrogens with one attached hydrogen (secondary N) is 1. The van der Waals surface area contributed by atoms with Crippen LogP contribution < -0.4 is 10.2 Å². The van der Waals surface area contributed by atoms with Crippen LogP contribution in [0.5, 0.6) is 0 Å². The van der Waals surface area contributed by atoms with E-state index < -0.39 is 0 Å². The molecule has 1 saturated heterocycles. The van der Waals surface area contributed by atoms with E-state index in [0.717, 1.165) is 30.3 Å². The van der Waals surface area contributed by atoms with Gasteiger partial charge in [0, 0.05) is 36.4 Å². The van der Waals surface area contributed by atoms with Gasteiger partial charge < -0.3 is 10.2 Å². The number of hydrogen-bond acceptors (Lipinski definition) is 3. The first-order valence-electron chi connectivity index (χ1n) is 5.40. The Labute approximate surface area is 101 Å². The molecule has 0 spiro atoms. The maximum atomic E-state index is 8.69. The number of nitriles is 1. The van der Waals surface area contributed by atoms with E-state index in [1.807, 2.05) is 18.2 Å². The number of nitrogens with zero attached hydrogens (tertiary/aromatic N) is 2. The van der Waals surface area contributed by atoms with Crippen LogP contribution in [0.1, 0.15) is 6.42 Å². The van der Waals surface area contributed by atoms with Crippen molar-refractivity contribution in [3.8, 4) is 6.07 Å². The van der Waals surface area contributed by atoms with Crippen LogP contribution in [0, 0.1) is 11.3 Å². The fraction of sp³-hybridized carbons (Fsp3) is 0.417. The molecule has 2 rings (SSSR count). The van der Waals surface area contributed by atoms with Gasteiger partial charge in [-0.2, -0.15) is 5.26 Å². The minimum Gasteiger partial charge on any atom is -0.369 e. The van der Waals surface area contributed by atoms with E-state index in [1.165, 1.54) is 0 Å². The van der Waals surface area contributed by atoms with Gasteiger partial charge in [0.25, 0.3) is 0 Å². The summed E-state index contributed by atoms with van der Waals surface area (Å²) >= 11 is 5.97. The molecule has 0 amide bonds. The monoisotopic (exact) mass is 235 g/mol. The summed E-state index contributed by atoms with van der Waals surface area (Å²) < 4.78 is 0. The van der Waals surface area contributed by atoms with Gasteiger partial charge in [-0.3, -0.25) is 0 Å². The van der Waals surface area contributed by atoms with Crippen molar-refractivity contribution >= 4 is 17.3 Å². The van der Waals surface area contributed by atoms with E-state index in [2.05, 4.69) is 22.4 Å². The Morgan fingerprint density at radius 3 is 3.19 bits per heavy atom. The van der Waals surface area contributed by atoms with Gasteiger partial charge in [-0.05, 0) is 18.2 Å². The van der Waals surface area contributed by atoms with Gasteiger partial charge in [0.1, 0.15) is 0 Å².